The van der Waals surface area contributed by atoms with Gasteiger partial charge in [0.05, 0.1) is 11.4 Å². The SMILES string of the molecule is CC(C)c1cc2c(nn1)[C@]1(C)CC[C@@H]2C1(C)C. The van der Waals surface area contributed by atoms with Gasteiger partial charge >= 0.3 is 0 Å². The lowest BCUT2D eigenvalue weighted by Gasteiger charge is -2.33. The van der Waals surface area contributed by atoms with Gasteiger partial charge in [-0.05, 0) is 41.7 Å². The molecule has 2 nitrogen and oxygen atoms in total. The van der Waals surface area contributed by atoms with Gasteiger partial charge in [-0.25, -0.2) is 0 Å². The quantitative estimate of drug-likeness (QED) is 0.734. The van der Waals surface area contributed by atoms with Crippen molar-refractivity contribution in [3.63, 3.8) is 0 Å². The highest BCUT2D eigenvalue weighted by Gasteiger charge is 2.60. The third-order valence-corrected chi connectivity index (χ3v) is 5.56. The van der Waals surface area contributed by atoms with Gasteiger partial charge in [0.1, 0.15) is 0 Å². The molecule has 1 heterocycles. The topological polar surface area (TPSA) is 25.8 Å². The molecule has 2 aliphatic rings. The molecular formula is C15H22N2. The van der Waals surface area contributed by atoms with Crippen LogP contribution in [0.25, 0.3) is 0 Å². The highest BCUT2D eigenvalue weighted by atomic mass is 15.1. The molecule has 17 heavy (non-hydrogen) atoms. The van der Waals surface area contributed by atoms with Crippen molar-refractivity contribution in [3.8, 4) is 0 Å². The molecule has 0 aromatic carbocycles. The molecule has 2 heteroatoms. The van der Waals surface area contributed by atoms with E-state index in [0.717, 1.165) is 5.69 Å². The van der Waals surface area contributed by atoms with Crippen LogP contribution in [-0.4, -0.2) is 10.2 Å². The normalized spacial score (nSPS) is 33.2. The Kier molecular flexibility index (Phi) is 2.04. The summed E-state index contributed by atoms with van der Waals surface area (Å²) < 4.78 is 0. The molecule has 0 aliphatic heterocycles. The largest absolute Gasteiger partial charge is 0.155 e. The summed E-state index contributed by atoms with van der Waals surface area (Å²) in [6.07, 6.45) is 2.59. The third-order valence-electron chi connectivity index (χ3n) is 5.56. The Morgan fingerprint density at radius 2 is 1.94 bits per heavy atom. The first-order valence-electron chi connectivity index (χ1n) is 6.76. The molecule has 0 spiro atoms. The number of nitrogens with zero attached hydrogens (tertiary/aromatic N) is 2. The van der Waals surface area contributed by atoms with Crippen LogP contribution in [0.2, 0.25) is 0 Å². The van der Waals surface area contributed by atoms with Crippen molar-refractivity contribution >= 4 is 0 Å². The maximum Gasteiger partial charge on any atom is 0.0730 e. The Bertz CT molecular complexity index is 476. The van der Waals surface area contributed by atoms with Crippen LogP contribution in [0.5, 0.6) is 0 Å². The van der Waals surface area contributed by atoms with E-state index in [4.69, 9.17) is 0 Å². The molecule has 2 atom stereocenters. The standard InChI is InChI=1S/C15H22N2/c1-9(2)12-8-10-11-6-7-15(5,14(11,3)4)13(10)17-16-12/h8-9,11H,6-7H2,1-5H3/t11-,15-/m0/s1. The fraction of sp³-hybridized carbons (Fsp3) is 0.733. The number of rotatable bonds is 1. The van der Waals surface area contributed by atoms with Crippen LogP contribution >= 0.6 is 0 Å². The van der Waals surface area contributed by atoms with E-state index in [0.29, 0.717) is 17.3 Å². The second-order valence-corrected chi connectivity index (χ2v) is 6.87. The number of fused-ring (bicyclic) bond motifs is 5. The lowest BCUT2D eigenvalue weighted by Crippen LogP contribution is -2.32. The van der Waals surface area contributed by atoms with E-state index in [9.17, 15) is 0 Å². The molecule has 1 fully saturated rings. The predicted octanol–water partition coefficient (Wildman–Crippen LogP) is 3.77. The molecule has 3 rings (SSSR count). The Morgan fingerprint density at radius 1 is 1.24 bits per heavy atom. The van der Waals surface area contributed by atoms with Gasteiger partial charge < -0.3 is 0 Å². The van der Waals surface area contributed by atoms with Crippen molar-refractivity contribution in [2.45, 2.75) is 64.7 Å². The number of hydrogen-bond donors (Lipinski definition) is 0. The van der Waals surface area contributed by atoms with E-state index in [1.807, 2.05) is 0 Å². The molecular weight excluding hydrogens is 208 g/mol. The van der Waals surface area contributed by atoms with Crippen LogP contribution in [0.1, 0.15) is 76.2 Å². The van der Waals surface area contributed by atoms with Crippen molar-refractivity contribution < 1.29 is 0 Å². The van der Waals surface area contributed by atoms with Gasteiger partial charge in [0.2, 0.25) is 0 Å². The van der Waals surface area contributed by atoms with Crippen molar-refractivity contribution in [1.82, 2.24) is 10.2 Å². The van der Waals surface area contributed by atoms with Gasteiger partial charge in [0.25, 0.3) is 0 Å². The molecule has 0 unspecified atom stereocenters. The third kappa shape index (κ3) is 1.16. The van der Waals surface area contributed by atoms with Crippen LogP contribution in [0.3, 0.4) is 0 Å². The Morgan fingerprint density at radius 3 is 2.59 bits per heavy atom. The molecule has 92 valence electrons. The lowest BCUT2D eigenvalue weighted by molar-refractivity contribution is 0.226. The Hall–Kier alpha value is -0.920. The molecule has 0 radical (unpaired) electrons. The van der Waals surface area contributed by atoms with E-state index in [-0.39, 0.29) is 5.41 Å². The van der Waals surface area contributed by atoms with Crippen LogP contribution in [0.15, 0.2) is 6.07 Å². The predicted molar refractivity (Wildman–Crippen MR) is 69.2 cm³/mol. The van der Waals surface area contributed by atoms with Gasteiger partial charge in [-0.1, -0.05) is 34.6 Å². The lowest BCUT2D eigenvalue weighted by atomic mass is 9.70. The van der Waals surface area contributed by atoms with Gasteiger partial charge in [-0.3, -0.25) is 0 Å². The van der Waals surface area contributed by atoms with E-state index < -0.39 is 0 Å². The second-order valence-electron chi connectivity index (χ2n) is 6.87. The average Bonchev–Trinajstić information content (AvgIpc) is 2.59. The fourth-order valence-corrected chi connectivity index (χ4v) is 3.87. The summed E-state index contributed by atoms with van der Waals surface area (Å²) in [5.41, 5.74) is 4.51. The zero-order chi connectivity index (χ0) is 12.4. The fourth-order valence-electron chi connectivity index (χ4n) is 3.87. The molecule has 1 aromatic rings. The van der Waals surface area contributed by atoms with Crippen LogP contribution in [0, 0.1) is 5.41 Å². The maximum atomic E-state index is 4.58. The maximum absolute atomic E-state index is 4.58. The molecule has 0 N–H and O–H groups in total. The van der Waals surface area contributed by atoms with Crippen LogP contribution in [0.4, 0.5) is 0 Å². The summed E-state index contributed by atoms with van der Waals surface area (Å²) in [5.74, 6) is 1.17. The van der Waals surface area contributed by atoms with Crippen LogP contribution < -0.4 is 0 Å². The van der Waals surface area contributed by atoms with Gasteiger partial charge in [-0.15, -0.1) is 0 Å². The first kappa shape index (κ1) is 11.2. The summed E-state index contributed by atoms with van der Waals surface area (Å²) >= 11 is 0. The summed E-state index contributed by atoms with van der Waals surface area (Å²) in [6.45, 7) is 11.6. The zero-order valence-corrected chi connectivity index (χ0v) is 11.5. The van der Waals surface area contributed by atoms with E-state index in [1.165, 1.54) is 24.1 Å². The zero-order valence-electron chi connectivity index (χ0n) is 11.5. The summed E-state index contributed by atoms with van der Waals surface area (Å²) in [5, 5.41) is 9.01. The first-order chi connectivity index (χ1) is 7.88. The smallest absolute Gasteiger partial charge is 0.0730 e. The van der Waals surface area contributed by atoms with Crippen molar-refractivity contribution in [2.24, 2.45) is 5.41 Å². The monoisotopic (exact) mass is 230 g/mol. The summed E-state index contributed by atoms with van der Waals surface area (Å²) in [6, 6.07) is 2.32. The van der Waals surface area contributed by atoms with Crippen molar-refractivity contribution in [1.29, 1.82) is 0 Å². The van der Waals surface area contributed by atoms with E-state index >= 15 is 0 Å². The van der Waals surface area contributed by atoms with Gasteiger partial charge in [0, 0.05) is 5.41 Å². The van der Waals surface area contributed by atoms with Crippen LogP contribution in [-0.2, 0) is 5.41 Å². The highest BCUT2D eigenvalue weighted by molar-refractivity contribution is 5.45. The second kappa shape index (κ2) is 3.09. The average molecular weight is 230 g/mol. The minimum absolute atomic E-state index is 0.246. The number of hydrogen-bond acceptors (Lipinski definition) is 2. The highest BCUT2D eigenvalue weighted by Crippen LogP contribution is 2.67. The van der Waals surface area contributed by atoms with Crippen molar-refractivity contribution in [2.75, 3.05) is 0 Å². The molecule has 0 saturated heterocycles. The minimum Gasteiger partial charge on any atom is -0.155 e. The first-order valence-corrected chi connectivity index (χ1v) is 6.76. The summed E-state index contributed by atoms with van der Waals surface area (Å²) in [7, 11) is 0. The molecule has 2 aliphatic carbocycles. The van der Waals surface area contributed by atoms with Crippen molar-refractivity contribution in [3.05, 3.63) is 23.0 Å². The Balaban J connectivity index is 2.19. The van der Waals surface area contributed by atoms with E-state index in [1.54, 1.807) is 0 Å². The van der Waals surface area contributed by atoms with Gasteiger partial charge in [0.15, 0.2) is 0 Å². The molecule has 0 amide bonds. The number of aromatic nitrogens is 2. The molecule has 1 aromatic heterocycles. The molecule has 1 saturated carbocycles. The molecule has 2 bridgehead atoms. The minimum atomic E-state index is 0.246. The van der Waals surface area contributed by atoms with Gasteiger partial charge in [-0.2, -0.15) is 10.2 Å². The summed E-state index contributed by atoms with van der Waals surface area (Å²) in [4.78, 5) is 0. The Labute approximate surface area is 104 Å². The van der Waals surface area contributed by atoms with E-state index in [2.05, 4.69) is 50.9 Å².